The lowest BCUT2D eigenvalue weighted by Crippen LogP contribution is -2.26. The number of benzene rings is 2. The molecule has 0 aromatic heterocycles. The molecule has 0 saturated heterocycles. The number of ether oxygens (including phenoxy) is 2. The first-order valence-electron chi connectivity index (χ1n) is 6.94. The second kappa shape index (κ2) is 7.84. The summed E-state index contributed by atoms with van der Waals surface area (Å²) in [6.45, 7) is 1.92. The smallest absolute Gasteiger partial charge is 0.251 e. The van der Waals surface area contributed by atoms with Gasteiger partial charge in [0.1, 0.15) is 0 Å². The maximum absolute atomic E-state index is 12.4. The number of carbonyl (C=O) groups is 1. The molecule has 4 nitrogen and oxygen atoms in total. The fourth-order valence-electron chi connectivity index (χ4n) is 2.19. The largest absolute Gasteiger partial charge is 0.493 e. The molecule has 1 N–H and O–H groups in total. The van der Waals surface area contributed by atoms with Crippen LogP contribution in [0.25, 0.3) is 0 Å². The van der Waals surface area contributed by atoms with Crippen LogP contribution >= 0.6 is 31.9 Å². The van der Waals surface area contributed by atoms with Crippen molar-refractivity contribution >= 4 is 37.8 Å². The van der Waals surface area contributed by atoms with Gasteiger partial charge in [0.2, 0.25) is 0 Å². The Kier molecular flexibility index (Phi) is 6.07. The van der Waals surface area contributed by atoms with E-state index in [0.29, 0.717) is 17.1 Å². The van der Waals surface area contributed by atoms with Crippen molar-refractivity contribution < 1.29 is 14.3 Å². The first-order chi connectivity index (χ1) is 11.0. The predicted octanol–water partition coefficient (Wildman–Crippen LogP) is 4.72. The Morgan fingerprint density at radius 2 is 1.74 bits per heavy atom. The van der Waals surface area contributed by atoms with Gasteiger partial charge in [0.15, 0.2) is 11.5 Å². The fraction of sp³-hybridized carbons (Fsp3) is 0.235. The minimum absolute atomic E-state index is 0.138. The molecule has 0 heterocycles. The standard InChI is InChI=1S/C17H17Br2NO3/c1-10(20-17(21)11-5-4-6-12(18)7-11)13-8-15(22-2)16(23-3)9-14(13)19/h4-10H,1-3H3,(H,20,21)/t10-/m1/s1. The highest BCUT2D eigenvalue weighted by Crippen LogP contribution is 2.36. The van der Waals surface area contributed by atoms with Crippen molar-refractivity contribution in [2.75, 3.05) is 14.2 Å². The Balaban J connectivity index is 2.23. The van der Waals surface area contributed by atoms with E-state index >= 15 is 0 Å². The van der Waals surface area contributed by atoms with Gasteiger partial charge in [-0.15, -0.1) is 0 Å². The van der Waals surface area contributed by atoms with Gasteiger partial charge < -0.3 is 14.8 Å². The first kappa shape index (κ1) is 17.8. The van der Waals surface area contributed by atoms with Crippen LogP contribution in [0.3, 0.4) is 0 Å². The molecule has 2 aromatic rings. The number of methoxy groups -OCH3 is 2. The van der Waals surface area contributed by atoms with E-state index in [2.05, 4.69) is 37.2 Å². The van der Waals surface area contributed by atoms with Gasteiger partial charge in [0.25, 0.3) is 5.91 Å². The molecule has 122 valence electrons. The highest BCUT2D eigenvalue weighted by atomic mass is 79.9. The number of halogens is 2. The summed E-state index contributed by atoms with van der Waals surface area (Å²) in [4.78, 5) is 12.4. The molecule has 0 fully saturated rings. The number of hydrogen-bond donors (Lipinski definition) is 1. The van der Waals surface area contributed by atoms with Crippen molar-refractivity contribution in [3.8, 4) is 11.5 Å². The summed E-state index contributed by atoms with van der Waals surface area (Å²) in [5.74, 6) is 1.11. The first-order valence-corrected chi connectivity index (χ1v) is 8.52. The highest BCUT2D eigenvalue weighted by Gasteiger charge is 2.17. The van der Waals surface area contributed by atoms with Crippen LogP contribution in [0.1, 0.15) is 28.9 Å². The Bertz CT molecular complexity index is 719. The molecule has 0 unspecified atom stereocenters. The Morgan fingerprint density at radius 1 is 1.09 bits per heavy atom. The fourth-order valence-corrected chi connectivity index (χ4v) is 3.25. The molecule has 1 atom stereocenters. The summed E-state index contributed by atoms with van der Waals surface area (Å²) in [6, 6.07) is 10.8. The maximum Gasteiger partial charge on any atom is 0.251 e. The van der Waals surface area contributed by atoms with E-state index in [1.807, 2.05) is 31.2 Å². The van der Waals surface area contributed by atoms with Crippen molar-refractivity contribution in [2.24, 2.45) is 0 Å². The zero-order valence-electron chi connectivity index (χ0n) is 13.0. The van der Waals surface area contributed by atoms with Crippen LogP contribution in [0.2, 0.25) is 0 Å². The molecule has 0 saturated carbocycles. The Hall–Kier alpha value is -1.53. The molecule has 6 heteroatoms. The van der Waals surface area contributed by atoms with E-state index in [9.17, 15) is 4.79 Å². The lowest BCUT2D eigenvalue weighted by Gasteiger charge is -2.18. The van der Waals surface area contributed by atoms with E-state index < -0.39 is 0 Å². The van der Waals surface area contributed by atoms with Crippen molar-refractivity contribution in [3.63, 3.8) is 0 Å². The van der Waals surface area contributed by atoms with Crippen LogP contribution in [0.15, 0.2) is 45.3 Å². The molecule has 0 aliphatic heterocycles. The number of hydrogen-bond acceptors (Lipinski definition) is 3. The van der Waals surface area contributed by atoms with Gasteiger partial charge in [0.05, 0.1) is 20.3 Å². The molecule has 2 aromatic carbocycles. The van der Waals surface area contributed by atoms with E-state index in [1.54, 1.807) is 26.4 Å². The lowest BCUT2D eigenvalue weighted by atomic mass is 10.1. The zero-order chi connectivity index (χ0) is 17.0. The minimum Gasteiger partial charge on any atom is -0.493 e. The second-order valence-electron chi connectivity index (χ2n) is 4.93. The highest BCUT2D eigenvalue weighted by molar-refractivity contribution is 9.10. The second-order valence-corrected chi connectivity index (χ2v) is 6.70. The average molecular weight is 443 g/mol. The topological polar surface area (TPSA) is 47.6 Å². The summed E-state index contributed by atoms with van der Waals surface area (Å²) < 4.78 is 12.3. The van der Waals surface area contributed by atoms with E-state index in [0.717, 1.165) is 14.5 Å². The van der Waals surface area contributed by atoms with E-state index in [4.69, 9.17) is 9.47 Å². The number of rotatable bonds is 5. The van der Waals surface area contributed by atoms with Crippen LogP contribution in [-0.4, -0.2) is 20.1 Å². The molecule has 0 bridgehead atoms. The van der Waals surface area contributed by atoms with Crippen LogP contribution in [0.5, 0.6) is 11.5 Å². The quantitative estimate of drug-likeness (QED) is 0.728. The van der Waals surface area contributed by atoms with E-state index in [1.165, 1.54) is 0 Å². The summed E-state index contributed by atoms with van der Waals surface area (Å²) in [5.41, 5.74) is 1.51. The van der Waals surface area contributed by atoms with Crippen LogP contribution in [0.4, 0.5) is 0 Å². The van der Waals surface area contributed by atoms with Gasteiger partial charge in [-0.05, 0) is 42.8 Å². The van der Waals surface area contributed by atoms with E-state index in [-0.39, 0.29) is 11.9 Å². The van der Waals surface area contributed by atoms with Gasteiger partial charge >= 0.3 is 0 Å². The van der Waals surface area contributed by atoms with Crippen LogP contribution < -0.4 is 14.8 Å². The molecule has 0 spiro atoms. The van der Waals surface area contributed by atoms with Crippen molar-refractivity contribution in [1.29, 1.82) is 0 Å². The molecule has 23 heavy (non-hydrogen) atoms. The third-order valence-electron chi connectivity index (χ3n) is 3.40. The number of amides is 1. The van der Waals surface area contributed by atoms with Gasteiger partial charge in [0, 0.05) is 14.5 Å². The third kappa shape index (κ3) is 4.26. The molecular formula is C17H17Br2NO3. The Morgan fingerprint density at radius 3 is 2.35 bits per heavy atom. The summed E-state index contributed by atoms with van der Waals surface area (Å²) >= 11 is 6.89. The molecule has 0 aliphatic rings. The zero-order valence-corrected chi connectivity index (χ0v) is 16.2. The summed E-state index contributed by atoms with van der Waals surface area (Å²) in [6.07, 6.45) is 0. The molecule has 2 rings (SSSR count). The molecule has 0 radical (unpaired) electrons. The van der Waals surface area contributed by atoms with Gasteiger partial charge in [-0.3, -0.25) is 4.79 Å². The van der Waals surface area contributed by atoms with Crippen molar-refractivity contribution in [1.82, 2.24) is 5.32 Å². The van der Waals surface area contributed by atoms with Crippen molar-refractivity contribution in [3.05, 3.63) is 56.5 Å². The molecule has 0 aliphatic carbocycles. The van der Waals surface area contributed by atoms with Crippen LogP contribution in [0, 0.1) is 0 Å². The average Bonchev–Trinajstić information content (AvgIpc) is 2.54. The van der Waals surface area contributed by atoms with Gasteiger partial charge in [-0.2, -0.15) is 0 Å². The number of carbonyl (C=O) groups excluding carboxylic acids is 1. The van der Waals surface area contributed by atoms with Crippen LogP contribution in [-0.2, 0) is 0 Å². The SMILES string of the molecule is COc1cc(Br)c([C@@H](C)NC(=O)c2cccc(Br)c2)cc1OC. The third-order valence-corrected chi connectivity index (χ3v) is 4.58. The van der Waals surface area contributed by atoms with Crippen molar-refractivity contribution in [2.45, 2.75) is 13.0 Å². The Labute approximate surface area is 152 Å². The lowest BCUT2D eigenvalue weighted by molar-refractivity contribution is 0.0939. The molecule has 1 amide bonds. The maximum atomic E-state index is 12.4. The van der Waals surface area contributed by atoms with Gasteiger partial charge in [-0.25, -0.2) is 0 Å². The number of nitrogens with one attached hydrogen (secondary N) is 1. The van der Waals surface area contributed by atoms with Gasteiger partial charge in [-0.1, -0.05) is 37.9 Å². The minimum atomic E-state index is -0.198. The monoisotopic (exact) mass is 441 g/mol. The predicted molar refractivity (Wildman–Crippen MR) is 97.3 cm³/mol. The normalized spacial score (nSPS) is 11.7. The summed E-state index contributed by atoms with van der Waals surface area (Å²) in [5, 5.41) is 2.98. The molecular weight excluding hydrogens is 426 g/mol. The summed E-state index contributed by atoms with van der Waals surface area (Å²) in [7, 11) is 3.17.